The smallest absolute Gasteiger partial charge is 0.151 e. The van der Waals surface area contributed by atoms with E-state index >= 15 is 0 Å². The molecule has 1 aromatic carbocycles. The first-order valence-corrected chi connectivity index (χ1v) is 5.66. The third-order valence-electron chi connectivity index (χ3n) is 2.09. The molecule has 0 aliphatic heterocycles. The van der Waals surface area contributed by atoms with Crippen LogP contribution in [0.3, 0.4) is 0 Å². The largest absolute Gasteiger partial charge is 0.497 e. The quantitative estimate of drug-likeness (QED) is 0.910. The Morgan fingerprint density at radius 1 is 1.35 bits per heavy atom. The minimum Gasteiger partial charge on any atom is -0.497 e. The molecule has 0 saturated carbocycles. The Balaban J connectivity index is 2.29. The molecule has 5 nitrogen and oxygen atoms in total. The summed E-state index contributed by atoms with van der Waals surface area (Å²) in [7, 11) is 1.62. The molecule has 1 aromatic heterocycles. The van der Waals surface area contributed by atoms with Gasteiger partial charge in [-0.15, -0.1) is 0 Å². The van der Waals surface area contributed by atoms with E-state index in [-0.39, 0.29) is 0 Å². The highest BCUT2D eigenvalue weighted by Gasteiger charge is 2.03. The van der Waals surface area contributed by atoms with Crippen LogP contribution < -0.4 is 15.8 Å². The van der Waals surface area contributed by atoms with Crippen molar-refractivity contribution in [2.75, 3.05) is 18.2 Å². The molecule has 17 heavy (non-hydrogen) atoms. The SMILES string of the molecule is COc1ccc(Br)c(Nc2cncc(N)n2)c1. The van der Waals surface area contributed by atoms with Crippen LogP contribution in [0.5, 0.6) is 5.75 Å². The molecule has 0 atom stereocenters. The lowest BCUT2D eigenvalue weighted by Crippen LogP contribution is -1.99. The summed E-state index contributed by atoms with van der Waals surface area (Å²) in [6.45, 7) is 0. The van der Waals surface area contributed by atoms with Crippen molar-refractivity contribution in [3.8, 4) is 5.75 Å². The van der Waals surface area contributed by atoms with E-state index in [1.807, 2.05) is 18.2 Å². The predicted octanol–water partition coefficient (Wildman–Crippen LogP) is 2.57. The van der Waals surface area contributed by atoms with Crippen molar-refractivity contribution >= 4 is 33.3 Å². The Labute approximate surface area is 107 Å². The van der Waals surface area contributed by atoms with Gasteiger partial charge in [0.2, 0.25) is 0 Å². The maximum atomic E-state index is 5.56. The summed E-state index contributed by atoms with van der Waals surface area (Å²) in [6.07, 6.45) is 3.09. The van der Waals surface area contributed by atoms with E-state index in [0.717, 1.165) is 15.9 Å². The van der Waals surface area contributed by atoms with E-state index in [1.165, 1.54) is 6.20 Å². The fourth-order valence-corrected chi connectivity index (χ4v) is 1.65. The third kappa shape index (κ3) is 2.85. The molecule has 88 valence electrons. The second-order valence-corrected chi connectivity index (χ2v) is 4.15. The summed E-state index contributed by atoms with van der Waals surface area (Å²) in [4.78, 5) is 8.06. The maximum absolute atomic E-state index is 5.56. The van der Waals surface area contributed by atoms with E-state index in [1.54, 1.807) is 13.3 Å². The van der Waals surface area contributed by atoms with Gasteiger partial charge in [0.15, 0.2) is 5.82 Å². The molecule has 3 N–H and O–H groups in total. The zero-order valence-corrected chi connectivity index (χ0v) is 10.7. The predicted molar refractivity (Wildman–Crippen MR) is 70.4 cm³/mol. The number of aromatic nitrogens is 2. The number of nitrogens with one attached hydrogen (secondary N) is 1. The minimum atomic E-state index is 0.369. The molecule has 0 fully saturated rings. The number of benzene rings is 1. The second kappa shape index (κ2) is 5.01. The van der Waals surface area contributed by atoms with Crippen LogP contribution >= 0.6 is 15.9 Å². The highest BCUT2D eigenvalue weighted by Crippen LogP contribution is 2.29. The summed E-state index contributed by atoms with van der Waals surface area (Å²) in [6, 6.07) is 5.61. The van der Waals surface area contributed by atoms with E-state index in [4.69, 9.17) is 10.5 Å². The number of methoxy groups -OCH3 is 1. The maximum Gasteiger partial charge on any atom is 0.151 e. The molecule has 2 rings (SSSR count). The lowest BCUT2D eigenvalue weighted by molar-refractivity contribution is 0.415. The van der Waals surface area contributed by atoms with Crippen molar-refractivity contribution in [3.05, 3.63) is 35.1 Å². The molecule has 0 radical (unpaired) electrons. The Bertz CT molecular complexity index is 533. The standard InChI is InChI=1S/C11H11BrN4O/c1-17-7-2-3-8(12)9(4-7)15-11-6-14-5-10(13)16-11/h2-6H,1H3,(H3,13,15,16). The van der Waals surface area contributed by atoms with Crippen LogP contribution in [0.4, 0.5) is 17.3 Å². The van der Waals surface area contributed by atoms with Gasteiger partial charge in [0.1, 0.15) is 11.6 Å². The highest BCUT2D eigenvalue weighted by molar-refractivity contribution is 9.10. The first-order chi connectivity index (χ1) is 8.19. The second-order valence-electron chi connectivity index (χ2n) is 3.30. The van der Waals surface area contributed by atoms with Gasteiger partial charge in [-0.1, -0.05) is 0 Å². The summed E-state index contributed by atoms with van der Waals surface area (Å²) in [5, 5.41) is 3.11. The van der Waals surface area contributed by atoms with Gasteiger partial charge in [-0.2, -0.15) is 0 Å². The van der Waals surface area contributed by atoms with Crippen molar-refractivity contribution < 1.29 is 4.74 Å². The highest BCUT2D eigenvalue weighted by atomic mass is 79.9. The average molecular weight is 295 g/mol. The Morgan fingerprint density at radius 3 is 2.88 bits per heavy atom. The van der Waals surface area contributed by atoms with E-state index in [9.17, 15) is 0 Å². The van der Waals surface area contributed by atoms with Crippen molar-refractivity contribution in [3.63, 3.8) is 0 Å². The third-order valence-corrected chi connectivity index (χ3v) is 2.78. The Morgan fingerprint density at radius 2 is 2.18 bits per heavy atom. The van der Waals surface area contributed by atoms with Gasteiger partial charge in [-0.3, -0.25) is 4.98 Å². The number of anilines is 3. The van der Waals surface area contributed by atoms with Crippen LogP contribution in [-0.4, -0.2) is 17.1 Å². The molecule has 0 aliphatic carbocycles. The molecule has 1 heterocycles. The number of rotatable bonds is 3. The van der Waals surface area contributed by atoms with Crippen LogP contribution in [0, 0.1) is 0 Å². The normalized spacial score (nSPS) is 10.0. The van der Waals surface area contributed by atoms with Crippen LogP contribution in [0.2, 0.25) is 0 Å². The molecule has 0 aliphatic rings. The lowest BCUT2D eigenvalue weighted by Gasteiger charge is -2.09. The number of halogens is 1. The number of hydrogen-bond donors (Lipinski definition) is 2. The fourth-order valence-electron chi connectivity index (χ4n) is 1.31. The van der Waals surface area contributed by atoms with Crippen LogP contribution in [0.25, 0.3) is 0 Å². The monoisotopic (exact) mass is 294 g/mol. The van der Waals surface area contributed by atoms with Gasteiger partial charge in [-0.05, 0) is 28.1 Å². The van der Waals surface area contributed by atoms with E-state index in [0.29, 0.717) is 11.6 Å². The first kappa shape index (κ1) is 11.7. The summed E-state index contributed by atoms with van der Waals surface area (Å²) in [5.74, 6) is 1.71. The Kier molecular flexibility index (Phi) is 3.43. The molecule has 2 aromatic rings. The number of nitrogen functional groups attached to an aromatic ring is 1. The van der Waals surface area contributed by atoms with Crippen molar-refractivity contribution in [1.29, 1.82) is 0 Å². The molecule has 0 amide bonds. The van der Waals surface area contributed by atoms with E-state index < -0.39 is 0 Å². The lowest BCUT2D eigenvalue weighted by atomic mass is 10.3. The number of ether oxygens (including phenoxy) is 1. The zero-order chi connectivity index (χ0) is 12.3. The zero-order valence-electron chi connectivity index (χ0n) is 9.14. The van der Waals surface area contributed by atoms with Gasteiger partial charge in [0.25, 0.3) is 0 Å². The van der Waals surface area contributed by atoms with Crippen LogP contribution in [-0.2, 0) is 0 Å². The van der Waals surface area contributed by atoms with Crippen molar-refractivity contribution in [2.24, 2.45) is 0 Å². The topological polar surface area (TPSA) is 73.1 Å². The minimum absolute atomic E-state index is 0.369. The summed E-state index contributed by atoms with van der Waals surface area (Å²) < 4.78 is 6.05. The molecular weight excluding hydrogens is 284 g/mol. The van der Waals surface area contributed by atoms with Crippen molar-refractivity contribution in [1.82, 2.24) is 9.97 Å². The Hall–Kier alpha value is -1.82. The average Bonchev–Trinajstić information content (AvgIpc) is 2.32. The van der Waals surface area contributed by atoms with Gasteiger partial charge in [0.05, 0.1) is 25.2 Å². The summed E-state index contributed by atoms with van der Waals surface area (Å²) >= 11 is 3.44. The molecular formula is C11H11BrN4O. The number of nitrogens with zero attached hydrogens (tertiary/aromatic N) is 2. The first-order valence-electron chi connectivity index (χ1n) is 4.87. The molecule has 0 saturated heterocycles. The van der Waals surface area contributed by atoms with Gasteiger partial charge in [-0.25, -0.2) is 4.98 Å². The molecule has 6 heteroatoms. The van der Waals surface area contributed by atoms with E-state index in [2.05, 4.69) is 31.2 Å². The number of hydrogen-bond acceptors (Lipinski definition) is 5. The van der Waals surface area contributed by atoms with Crippen LogP contribution in [0.1, 0.15) is 0 Å². The van der Waals surface area contributed by atoms with Crippen molar-refractivity contribution in [2.45, 2.75) is 0 Å². The van der Waals surface area contributed by atoms with Gasteiger partial charge >= 0.3 is 0 Å². The van der Waals surface area contributed by atoms with Gasteiger partial charge < -0.3 is 15.8 Å². The molecule has 0 spiro atoms. The summed E-state index contributed by atoms with van der Waals surface area (Å²) in [5.41, 5.74) is 6.39. The number of nitrogens with two attached hydrogens (primary N) is 1. The van der Waals surface area contributed by atoms with Crippen LogP contribution in [0.15, 0.2) is 35.1 Å². The fraction of sp³-hybridized carbons (Fsp3) is 0.0909. The van der Waals surface area contributed by atoms with Gasteiger partial charge in [0, 0.05) is 10.5 Å². The molecule has 0 unspecified atom stereocenters. The molecule has 0 bridgehead atoms.